The van der Waals surface area contributed by atoms with Crippen LogP contribution in [0, 0.1) is 0 Å². The van der Waals surface area contributed by atoms with Gasteiger partial charge in [-0.2, -0.15) is 0 Å². The molecule has 10 heteroatoms. The number of halogens is 7. The van der Waals surface area contributed by atoms with Gasteiger partial charge in [-0.1, -0.05) is 58.5 Å². The highest BCUT2D eigenvalue weighted by atomic mass is 35.5. The fourth-order valence-electron chi connectivity index (χ4n) is 2.31. The van der Waals surface area contributed by atoms with Gasteiger partial charge in [0.25, 0.3) is 0 Å². The Labute approximate surface area is 185 Å². The molecule has 158 valence electrons. The third-order valence-corrected chi connectivity index (χ3v) is 4.32. The zero-order valence-electron chi connectivity index (χ0n) is 14.7. The molecule has 0 radical (unpaired) electrons. The zero-order chi connectivity index (χ0) is 21.4. The van der Waals surface area contributed by atoms with E-state index in [0.717, 1.165) is 0 Å². The van der Waals surface area contributed by atoms with E-state index in [9.17, 15) is 13.2 Å². The molecule has 0 amide bonds. The van der Waals surface area contributed by atoms with Crippen molar-refractivity contribution in [1.29, 1.82) is 0 Å². The normalized spacial score (nSPS) is 11.1. The summed E-state index contributed by atoms with van der Waals surface area (Å²) in [5, 5.41) is 0.517. The van der Waals surface area contributed by atoms with Gasteiger partial charge in [-0.25, -0.2) is 0 Å². The highest BCUT2D eigenvalue weighted by Gasteiger charge is 2.31. The second-order valence-electron chi connectivity index (χ2n) is 5.67. The second-order valence-corrected chi connectivity index (χ2v) is 7.49. The van der Waals surface area contributed by atoms with Gasteiger partial charge in [-0.15, -0.1) is 13.2 Å². The summed E-state index contributed by atoms with van der Waals surface area (Å²) in [5.74, 6) is 0.448. The highest BCUT2D eigenvalue weighted by molar-refractivity contribution is 6.55. The molecule has 0 N–H and O–H groups in total. The second kappa shape index (κ2) is 11.1. The van der Waals surface area contributed by atoms with Crippen molar-refractivity contribution < 1.29 is 27.4 Å². The van der Waals surface area contributed by atoms with Crippen molar-refractivity contribution in [2.24, 2.45) is 0 Å². The zero-order valence-corrected chi connectivity index (χ0v) is 17.8. The summed E-state index contributed by atoms with van der Waals surface area (Å²) in [5.41, 5.74) is 0.683. The fraction of sp³-hybridized carbons (Fsp3) is 0.263. The van der Waals surface area contributed by atoms with Crippen LogP contribution in [0.15, 0.2) is 47.0 Å². The van der Waals surface area contributed by atoms with Crippen LogP contribution in [-0.2, 0) is 6.42 Å². The van der Waals surface area contributed by atoms with E-state index in [1.165, 1.54) is 36.4 Å². The van der Waals surface area contributed by atoms with E-state index in [0.29, 0.717) is 29.9 Å². The Morgan fingerprint density at radius 3 is 2.28 bits per heavy atom. The molecule has 0 aromatic heterocycles. The van der Waals surface area contributed by atoms with E-state index < -0.39 is 6.36 Å². The van der Waals surface area contributed by atoms with Crippen molar-refractivity contribution in [3.05, 3.63) is 62.6 Å². The minimum atomic E-state index is -4.72. The number of ether oxygens (including phenoxy) is 3. The van der Waals surface area contributed by atoms with E-state index >= 15 is 0 Å². The molecule has 0 saturated carbocycles. The first-order valence-electron chi connectivity index (χ1n) is 8.24. The monoisotopic (exact) mass is 488 g/mol. The Morgan fingerprint density at radius 1 is 0.966 bits per heavy atom. The Balaban J connectivity index is 1.87. The molecule has 0 spiro atoms. The number of rotatable bonds is 9. The summed E-state index contributed by atoms with van der Waals surface area (Å²) in [6, 6.07) is 8.86. The molecule has 29 heavy (non-hydrogen) atoms. The van der Waals surface area contributed by atoms with Crippen molar-refractivity contribution in [3.63, 3.8) is 0 Å². The smallest absolute Gasteiger partial charge is 0.490 e. The lowest BCUT2D eigenvalue weighted by Gasteiger charge is -2.13. The maximum absolute atomic E-state index is 12.3. The maximum Gasteiger partial charge on any atom is 0.573 e. The van der Waals surface area contributed by atoms with E-state index in [-0.39, 0.29) is 33.5 Å². The minimum Gasteiger partial charge on any atom is -0.490 e. The summed E-state index contributed by atoms with van der Waals surface area (Å²) < 4.78 is 51.9. The molecule has 3 nitrogen and oxygen atoms in total. The first-order chi connectivity index (χ1) is 13.6. The molecular formula is C19H15Cl4F3O3. The molecule has 0 atom stereocenters. The van der Waals surface area contributed by atoms with E-state index in [4.69, 9.17) is 55.9 Å². The molecule has 0 unspecified atom stereocenters. The van der Waals surface area contributed by atoms with Crippen LogP contribution >= 0.6 is 46.4 Å². The first-order valence-corrected chi connectivity index (χ1v) is 9.76. The average Bonchev–Trinajstić information content (AvgIpc) is 2.59. The summed E-state index contributed by atoms with van der Waals surface area (Å²) in [6.07, 6.45) is -2.25. The molecule has 0 aliphatic heterocycles. The quantitative estimate of drug-likeness (QED) is 0.339. The van der Waals surface area contributed by atoms with Gasteiger partial charge in [-0.05, 0) is 36.6 Å². The molecule has 0 bridgehead atoms. The summed E-state index contributed by atoms with van der Waals surface area (Å²) >= 11 is 23.4. The third kappa shape index (κ3) is 8.83. The summed E-state index contributed by atoms with van der Waals surface area (Å²) in [6.45, 7) is 0.404. The van der Waals surface area contributed by atoms with Crippen molar-refractivity contribution in [3.8, 4) is 17.2 Å². The molecule has 0 aliphatic carbocycles. The van der Waals surface area contributed by atoms with Crippen LogP contribution in [0.2, 0.25) is 10.0 Å². The highest BCUT2D eigenvalue weighted by Crippen LogP contribution is 2.37. The molecule has 0 fully saturated rings. The van der Waals surface area contributed by atoms with E-state index in [1.54, 1.807) is 6.07 Å². The molecule has 0 aliphatic rings. The first kappa shape index (κ1) is 23.8. The number of hydrogen-bond acceptors (Lipinski definition) is 3. The Morgan fingerprint density at radius 2 is 1.66 bits per heavy atom. The molecule has 2 rings (SSSR count). The van der Waals surface area contributed by atoms with Crippen LogP contribution in [0.4, 0.5) is 13.2 Å². The van der Waals surface area contributed by atoms with Crippen molar-refractivity contribution in [1.82, 2.24) is 0 Å². The minimum absolute atomic E-state index is 0.0812. The maximum atomic E-state index is 12.3. The Bertz CT molecular complexity index is 830. The van der Waals surface area contributed by atoms with Crippen LogP contribution in [0.1, 0.15) is 12.0 Å². The lowest BCUT2D eigenvalue weighted by atomic mass is 10.1. The standard InChI is InChI=1S/C19H15Cl4F3O3/c20-15-10-14(27-8-6-17(22)23)11-16(21)18(15)28-7-2-4-12-3-1-5-13(9-12)29-19(24,25)26/h1,3,5-6,9-11H,2,4,7-8H2. The van der Waals surface area contributed by atoms with Crippen molar-refractivity contribution in [2.45, 2.75) is 19.2 Å². The van der Waals surface area contributed by atoms with Gasteiger partial charge in [0.1, 0.15) is 22.6 Å². The average molecular weight is 490 g/mol. The SMILES string of the molecule is FC(F)(F)Oc1cccc(CCCOc2c(Cl)cc(OCC=C(Cl)Cl)cc2Cl)c1. The summed E-state index contributed by atoms with van der Waals surface area (Å²) in [7, 11) is 0. The lowest BCUT2D eigenvalue weighted by molar-refractivity contribution is -0.274. The van der Waals surface area contributed by atoms with Crippen molar-refractivity contribution in [2.75, 3.05) is 13.2 Å². The lowest BCUT2D eigenvalue weighted by Crippen LogP contribution is -2.17. The van der Waals surface area contributed by atoms with Crippen LogP contribution in [0.25, 0.3) is 0 Å². The number of alkyl halides is 3. The van der Waals surface area contributed by atoms with Crippen LogP contribution in [0.3, 0.4) is 0 Å². The predicted molar refractivity (Wildman–Crippen MR) is 109 cm³/mol. The molecule has 2 aromatic rings. The summed E-state index contributed by atoms with van der Waals surface area (Å²) in [4.78, 5) is 0. The van der Waals surface area contributed by atoms with Gasteiger partial charge in [0, 0.05) is 12.1 Å². The Hall–Kier alpha value is -1.47. The molecule has 0 saturated heterocycles. The number of aryl methyl sites for hydroxylation is 1. The van der Waals surface area contributed by atoms with E-state index in [2.05, 4.69) is 4.74 Å². The van der Waals surface area contributed by atoms with Crippen LogP contribution in [-0.4, -0.2) is 19.6 Å². The number of benzene rings is 2. The fourth-order valence-corrected chi connectivity index (χ4v) is 3.01. The largest absolute Gasteiger partial charge is 0.573 e. The van der Waals surface area contributed by atoms with Gasteiger partial charge in [-0.3, -0.25) is 0 Å². The molecular weight excluding hydrogens is 475 g/mol. The van der Waals surface area contributed by atoms with Gasteiger partial charge in [0.15, 0.2) is 5.75 Å². The molecule has 2 aromatic carbocycles. The van der Waals surface area contributed by atoms with Gasteiger partial charge >= 0.3 is 6.36 Å². The predicted octanol–water partition coefficient (Wildman–Crippen LogP) is 7.60. The van der Waals surface area contributed by atoms with Crippen LogP contribution < -0.4 is 14.2 Å². The van der Waals surface area contributed by atoms with E-state index in [1.807, 2.05) is 0 Å². The van der Waals surface area contributed by atoms with Crippen molar-refractivity contribution >= 4 is 46.4 Å². The Kier molecular flexibility index (Phi) is 9.08. The van der Waals surface area contributed by atoms with Crippen LogP contribution in [0.5, 0.6) is 17.2 Å². The third-order valence-electron chi connectivity index (χ3n) is 3.45. The topological polar surface area (TPSA) is 27.7 Å². The van der Waals surface area contributed by atoms with Gasteiger partial charge in [0.2, 0.25) is 0 Å². The molecule has 0 heterocycles. The van der Waals surface area contributed by atoms with Gasteiger partial charge < -0.3 is 14.2 Å². The number of hydrogen-bond donors (Lipinski definition) is 0. The van der Waals surface area contributed by atoms with Gasteiger partial charge in [0.05, 0.1) is 16.7 Å².